The SMILES string of the molecule is CCC1[C-]=CC(C)=C1.Cl.Cl.[Ti]. The van der Waals surface area contributed by atoms with Gasteiger partial charge in [0.1, 0.15) is 0 Å². The largest absolute Gasteiger partial charge is 0.269 e. The van der Waals surface area contributed by atoms with Crippen molar-refractivity contribution < 1.29 is 21.7 Å². The summed E-state index contributed by atoms with van der Waals surface area (Å²) in [6, 6.07) is 0. The number of hydrogen-bond acceptors (Lipinski definition) is 0. The van der Waals surface area contributed by atoms with E-state index in [1.165, 1.54) is 12.0 Å². The molecular formula is C8H13Cl2Ti-. The zero-order chi connectivity index (χ0) is 5.98. The predicted molar refractivity (Wildman–Crippen MR) is 49.8 cm³/mol. The Balaban J connectivity index is -0.000000213. The minimum atomic E-state index is 0. The van der Waals surface area contributed by atoms with E-state index in [-0.39, 0.29) is 46.5 Å². The van der Waals surface area contributed by atoms with Crippen molar-refractivity contribution in [1.29, 1.82) is 0 Å². The standard InChI is InChI=1S/C8H11.2ClH.Ti/c1-3-8-5-4-7(2)6-8;;;/h4,6,8H,3H2,1-2H3;2*1H;/q-1;;;. The van der Waals surface area contributed by atoms with Gasteiger partial charge in [-0.2, -0.15) is 6.08 Å². The molecule has 3 heteroatoms. The molecule has 0 spiro atoms. The van der Waals surface area contributed by atoms with E-state index in [2.05, 4.69) is 32.1 Å². The van der Waals surface area contributed by atoms with Crippen molar-refractivity contribution in [1.82, 2.24) is 0 Å². The van der Waals surface area contributed by atoms with Crippen LogP contribution in [0.3, 0.4) is 0 Å². The van der Waals surface area contributed by atoms with E-state index in [0.29, 0.717) is 5.92 Å². The summed E-state index contributed by atoms with van der Waals surface area (Å²) in [6.07, 6.45) is 8.74. The maximum absolute atomic E-state index is 3.24. The van der Waals surface area contributed by atoms with Crippen LogP contribution in [-0.4, -0.2) is 0 Å². The molecule has 0 amide bonds. The van der Waals surface area contributed by atoms with Crippen molar-refractivity contribution in [3.63, 3.8) is 0 Å². The molecular weight excluding hydrogens is 215 g/mol. The fraction of sp³-hybridized carbons (Fsp3) is 0.500. The summed E-state index contributed by atoms with van der Waals surface area (Å²) in [7, 11) is 0. The summed E-state index contributed by atoms with van der Waals surface area (Å²) in [6.45, 7) is 4.29. The summed E-state index contributed by atoms with van der Waals surface area (Å²) in [5.74, 6) is 0.606. The minimum absolute atomic E-state index is 0. The van der Waals surface area contributed by atoms with Crippen molar-refractivity contribution >= 4 is 24.8 Å². The summed E-state index contributed by atoms with van der Waals surface area (Å²) >= 11 is 0. The van der Waals surface area contributed by atoms with Crippen molar-refractivity contribution in [3.05, 3.63) is 23.8 Å². The number of halogens is 2. The molecule has 0 radical (unpaired) electrons. The van der Waals surface area contributed by atoms with Crippen LogP contribution in [0.4, 0.5) is 0 Å². The molecule has 1 unspecified atom stereocenters. The van der Waals surface area contributed by atoms with E-state index in [4.69, 9.17) is 0 Å². The molecule has 0 N–H and O–H groups in total. The molecule has 0 aliphatic heterocycles. The summed E-state index contributed by atoms with van der Waals surface area (Å²) in [5, 5.41) is 0. The molecule has 0 fully saturated rings. The molecule has 0 bridgehead atoms. The average molecular weight is 228 g/mol. The van der Waals surface area contributed by atoms with Gasteiger partial charge < -0.3 is 0 Å². The molecule has 0 saturated carbocycles. The van der Waals surface area contributed by atoms with Crippen LogP contribution in [-0.2, 0) is 21.7 Å². The van der Waals surface area contributed by atoms with Crippen LogP contribution < -0.4 is 0 Å². The molecule has 0 aromatic carbocycles. The van der Waals surface area contributed by atoms with Gasteiger partial charge in [-0.15, -0.1) is 31.7 Å². The van der Waals surface area contributed by atoms with Gasteiger partial charge in [-0.1, -0.05) is 19.3 Å². The summed E-state index contributed by atoms with van der Waals surface area (Å²) in [4.78, 5) is 0. The molecule has 0 aromatic rings. The zero-order valence-electron chi connectivity index (χ0n) is 6.76. The van der Waals surface area contributed by atoms with Gasteiger partial charge in [0.25, 0.3) is 0 Å². The van der Waals surface area contributed by atoms with Crippen LogP contribution in [0.1, 0.15) is 20.3 Å². The quantitative estimate of drug-likeness (QED) is 0.477. The molecule has 1 aliphatic rings. The molecule has 64 valence electrons. The van der Waals surface area contributed by atoms with Gasteiger partial charge in [0.2, 0.25) is 0 Å². The van der Waals surface area contributed by atoms with Crippen LogP contribution in [0, 0.1) is 12.0 Å². The molecule has 1 atom stereocenters. The van der Waals surface area contributed by atoms with Crippen LogP contribution in [0.5, 0.6) is 0 Å². The second-order valence-electron chi connectivity index (χ2n) is 2.24. The van der Waals surface area contributed by atoms with E-state index in [9.17, 15) is 0 Å². The Bertz CT molecular complexity index is 141. The maximum Gasteiger partial charge on any atom is 0 e. The minimum Gasteiger partial charge on any atom is -0.269 e. The van der Waals surface area contributed by atoms with Crippen molar-refractivity contribution in [2.45, 2.75) is 20.3 Å². The zero-order valence-corrected chi connectivity index (χ0v) is 9.95. The van der Waals surface area contributed by atoms with E-state index in [1.54, 1.807) is 0 Å². The van der Waals surface area contributed by atoms with E-state index >= 15 is 0 Å². The Morgan fingerprint density at radius 2 is 2.00 bits per heavy atom. The van der Waals surface area contributed by atoms with E-state index in [0.717, 1.165) is 0 Å². The Hall–Kier alpha value is 0.774. The monoisotopic (exact) mass is 227 g/mol. The second-order valence-corrected chi connectivity index (χ2v) is 2.24. The van der Waals surface area contributed by atoms with Crippen LogP contribution >= 0.6 is 24.8 Å². The normalized spacial score (nSPS) is 19.1. The first-order valence-corrected chi connectivity index (χ1v) is 3.10. The summed E-state index contributed by atoms with van der Waals surface area (Å²) in [5.41, 5.74) is 1.36. The van der Waals surface area contributed by atoms with Crippen molar-refractivity contribution in [2.24, 2.45) is 5.92 Å². The maximum atomic E-state index is 3.24. The van der Waals surface area contributed by atoms with Gasteiger partial charge in [0, 0.05) is 21.7 Å². The van der Waals surface area contributed by atoms with Gasteiger partial charge >= 0.3 is 0 Å². The smallest absolute Gasteiger partial charge is 0 e. The Labute approximate surface area is 96.2 Å². The van der Waals surface area contributed by atoms with E-state index < -0.39 is 0 Å². The second kappa shape index (κ2) is 8.87. The third kappa shape index (κ3) is 5.98. The van der Waals surface area contributed by atoms with E-state index in [1.807, 2.05) is 0 Å². The van der Waals surface area contributed by atoms with Gasteiger partial charge in [-0.05, 0) is 0 Å². The summed E-state index contributed by atoms with van der Waals surface area (Å²) < 4.78 is 0. The van der Waals surface area contributed by atoms with Crippen LogP contribution in [0.2, 0.25) is 0 Å². The van der Waals surface area contributed by atoms with Crippen molar-refractivity contribution in [3.8, 4) is 0 Å². The first-order valence-electron chi connectivity index (χ1n) is 3.10. The topological polar surface area (TPSA) is 0 Å². The predicted octanol–water partition coefficient (Wildman–Crippen LogP) is 3.17. The molecule has 0 saturated heterocycles. The van der Waals surface area contributed by atoms with Gasteiger partial charge in [-0.25, -0.2) is 11.6 Å². The van der Waals surface area contributed by atoms with Crippen LogP contribution in [0.25, 0.3) is 0 Å². The average Bonchev–Trinajstić information content (AvgIpc) is 2.14. The first-order chi connectivity index (χ1) is 3.83. The fourth-order valence-electron chi connectivity index (χ4n) is 0.888. The Morgan fingerprint density at radius 3 is 2.18 bits per heavy atom. The van der Waals surface area contributed by atoms with Gasteiger partial charge in [-0.3, -0.25) is 6.08 Å². The molecule has 1 rings (SSSR count). The third-order valence-electron chi connectivity index (χ3n) is 1.43. The Kier molecular flexibility index (Phi) is 14.3. The van der Waals surface area contributed by atoms with Gasteiger partial charge in [0.15, 0.2) is 0 Å². The molecule has 0 aromatic heterocycles. The fourth-order valence-corrected chi connectivity index (χ4v) is 0.888. The van der Waals surface area contributed by atoms with Crippen molar-refractivity contribution in [2.75, 3.05) is 0 Å². The molecule has 0 nitrogen and oxygen atoms in total. The number of allylic oxidation sites excluding steroid dienone is 4. The molecule has 1 aliphatic carbocycles. The number of hydrogen-bond donors (Lipinski definition) is 0. The number of rotatable bonds is 1. The van der Waals surface area contributed by atoms with Gasteiger partial charge in [0.05, 0.1) is 0 Å². The first kappa shape index (κ1) is 17.8. The third-order valence-corrected chi connectivity index (χ3v) is 1.43. The molecule has 0 heterocycles. The molecule has 11 heavy (non-hydrogen) atoms. The Morgan fingerprint density at radius 1 is 1.45 bits per heavy atom. The van der Waals surface area contributed by atoms with Crippen LogP contribution in [0.15, 0.2) is 17.7 Å².